The van der Waals surface area contributed by atoms with E-state index < -0.39 is 6.04 Å². The number of thiazole rings is 1. The minimum Gasteiger partial charge on any atom is -0.354 e. The molecule has 2 fully saturated rings. The van der Waals surface area contributed by atoms with Crippen LogP contribution in [0.1, 0.15) is 42.9 Å². The van der Waals surface area contributed by atoms with Crippen molar-refractivity contribution in [3.8, 4) is 0 Å². The van der Waals surface area contributed by atoms with Gasteiger partial charge in [0.05, 0.1) is 16.7 Å². The van der Waals surface area contributed by atoms with E-state index >= 15 is 0 Å². The first-order valence-electron chi connectivity index (χ1n) is 7.83. The van der Waals surface area contributed by atoms with Crippen LogP contribution < -0.4 is 10.6 Å². The van der Waals surface area contributed by atoms with Gasteiger partial charge >= 0.3 is 6.03 Å². The summed E-state index contributed by atoms with van der Waals surface area (Å²) in [7, 11) is 0. The summed E-state index contributed by atoms with van der Waals surface area (Å²) in [5.41, 5.74) is 0.969. The first-order chi connectivity index (χ1) is 10.6. The van der Waals surface area contributed by atoms with Crippen molar-refractivity contribution < 1.29 is 9.59 Å². The van der Waals surface area contributed by atoms with Gasteiger partial charge in [0.1, 0.15) is 6.04 Å². The van der Waals surface area contributed by atoms with E-state index in [1.165, 1.54) is 0 Å². The van der Waals surface area contributed by atoms with Crippen LogP contribution in [0.25, 0.3) is 0 Å². The van der Waals surface area contributed by atoms with Gasteiger partial charge in [-0.25, -0.2) is 9.78 Å². The molecule has 2 aliphatic heterocycles. The summed E-state index contributed by atoms with van der Waals surface area (Å²) in [6.45, 7) is 5.39. The third-order valence-electron chi connectivity index (χ3n) is 4.52. The predicted molar refractivity (Wildman–Crippen MR) is 84.6 cm³/mol. The molecule has 3 rings (SSSR count). The molecule has 3 heterocycles. The van der Waals surface area contributed by atoms with Crippen molar-refractivity contribution in [1.29, 1.82) is 0 Å². The van der Waals surface area contributed by atoms with Crippen molar-refractivity contribution in [2.75, 3.05) is 13.1 Å². The molecule has 0 bridgehead atoms. The largest absolute Gasteiger partial charge is 0.354 e. The average molecular weight is 322 g/mol. The van der Waals surface area contributed by atoms with E-state index in [1.807, 2.05) is 24.1 Å². The van der Waals surface area contributed by atoms with E-state index in [-0.39, 0.29) is 23.9 Å². The van der Waals surface area contributed by atoms with Crippen molar-refractivity contribution in [2.24, 2.45) is 5.92 Å². The molecule has 7 heteroatoms. The van der Waals surface area contributed by atoms with Crippen LogP contribution in [0.5, 0.6) is 0 Å². The Morgan fingerprint density at radius 1 is 1.50 bits per heavy atom. The minimum atomic E-state index is -0.431. The Balaban J connectivity index is 1.69. The molecule has 120 valence electrons. The Morgan fingerprint density at radius 2 is 2.32 bits per heavy atom. The highest BCUT2D eigenvalue weighted by Gasteiger charge is 2.36. The lowest BCUT2D eigenvalue weighted by atomic mass is 9.94. The van der Waals surface area contributed by atoms with Gasteiger partial charge in [-0.2, -0.15) is 0 Å². The van der Waals surface area contributed by atoms with Crippen LogP contribution in [0.2, 0.25) is 0 Å². The fourth-order valence-corrected chi connectivity index (χ4v) is 3.89. The molecule has 0 aromatic carbocycles. The van der Waals surface area contributed by atoms with Crippen molar-refractivity contribution >= 4 is 23.3 Å². The summed E-state index contributed by atoms with van der Waals surface area (Å²) >= 11 is 1.61. The monoisotopic (exact) mass is 322 g/mol. The highest BCUT2D eigenvalue weighted by molar-refractivity contribution is 7.09. The van der Waals surface area contributed by atoms with Crippen LogP contribution in [0, 0.1) is 12.8 Å². The Kier molecular flexibility index (Phi) is 4.33. The number of aromatic nitrogens is 1. The van der Waals surface area contributed by atoms with Crippen LogP contribution in [0.4, 0.5) is 4.79 Å². The maximum Gasteiger partial charge on any atom is 0.318 e. The predicted octanol–water partition coefficient (Wildman–Crippen LogP) is 1.82. The number of piperidine rings is 1. The summed E-state index contributed by atoms with van der Waals surface area (Å²) < 4.78 is 0. The summed E-state index contributed by atoms with van der Waals surface area (Å²) in [5, 5.41) is 8.78. The average Bonchev–Trinajstić information content (AvgIpc) is 3.11. The zero-order valence-corrected chi connectivity index (χ0v) is 13.8. The van der Waals surface area contributed by atoms with Gasteiger partial charge in [0, 0.05) is 18.5 Å². The van der Waals surface area contributed by atoms with Crippen molar-refractivity contribution in [3.63, 3.8) is 0 Å². The Labute approximate surface area is 134 Å². The lowest BCUT2D eigenvalue weighted by Gasteiger charge is -2.32. The highest BCUT2D eigenvalue weighted by Crippen LogP contribution is 2.32. The maximum absolute atomic E-state index is 12.6. The van der Waals surface area contributed by atoms with E-state index in [1.54, 1.807) is 11.3 Å². The van der Waals surface area contributed by atoms with Gasteiger partial charge in [0.2, 0.25) is 5.91 Å². The fourth-order valence-electron chi connectivity index (χ4n) is 3.23. The summed E-state index contributed by atoms with van der Waals surface area (Å²) in [5.74, 6) is 0.0904. The SMILES string of the molecule is Cc1nc([C@H]2CCCN2C(=O)N[C@H]2C(=O)NCC[C@@H]2C)cs1. The quantitative estimate of drug-likeness (QED) is 0.872. The molecule has 1 aromatic heterocycles. The topological polar surface area (TPSA) is 74.3 Å². The Bertz CT molecular complexity index is 574. The molecule has 3 amide bonds. The van der Waals surface area contributed by atoms with Crippen LogP contribution in [-0.4, -0.2) is 41.0 Å². The molecule has 3 atom stereocenters. The highest BCUT2D eigenvalue weighted by atomic mass is 32.1. The Hall–Kier alpha value is -1.63. The number of amides is 3. The molecular formula is C15H22N4O2S. The minimum absolute atomic E-state index is 0.0342. The number of carbonyl (C=O) groups excluding carboxylic acids is 2. The number of aryl methyl sites for hydroxylation is 1. The van der Waals surface area contributed by atoms with Crippen LogP contribution in [0.3, 0.4) is 0 Å². The zero-order valence-electron chi connectivity index (χ0n) is 13.0. The van der Waals surface area contributed by atoms with Crippen LogP contribution in [0.15, 0.2) is 5.38 Å². The molecule has 0 spiro atoms. The number of hydrogen-bond acceptors (Lipinski definition) is 4. The fraction of sp³-hybridized carbons (Fsp3) is 0.667. The van der Waals surface area contributed by atoms with Crippen molar-refractivity contribution in [2.45, 2.75) is 45.2 Å². The maximum atomic E-state index is 12.6. The third-order valence-corrected chi connectivity index (χ3v) is 5.31. The zero-order chi connectivity index (χ0) is 15.7. The molecule has 2 aliphatic rings. The van der Waals surface area contributed by atoms with Gasteiger partial charge in [0.15, 0.2) is 0 Å². The van der Waals surface area contributed by atoms with Crippen LogP contribution in [-0.2, 0) is 4.79 Å². The number of carbonyl (C=O) groups is 2. The summed E-state index contributed by atoms with van der Waals surface area (Å²) in [6, 6.07) is -0.548. The normalized spacial score (nSPS) is 28.5. The van der Waals surface area contributed by atoms with E-state index in [9.17, 15) is 9.59 Å². The molecular weight excluding hydrogens is 300 g/mol. The van der Waals surface area contributed by atoms with Gasteiger partial charge in [-0.15, -0.1) is 11.3 Å². The van der Waals surface area contributed by atoms with Crippen LogP contribution >= 0.6 is 11.3 Å². The molecule has 0 saturated carbocycles. The van der Waals surface area contributed by atoms with E-state index in [4.69, 9.17) is 0 Å². The van der Waals surface area contributed by atoms with Crippen molar-refractivity contribution in [3.05, 3.63) is 16.1 Å². The summed E-state index contributed by atoms with van der Waals surface area (Å²) in [4.78, 5) is 30.9. The third kappa shape index (κ3) is 2.95. The lowest BCUT2D eigenvalue weighted by molar-refractivity contribution is -0.125. The number of hydrogen-bond donors (Lipinski definition) is 2. The molecule has 2 saturated heterocycles. The standard InChI is InChI=1S/C15H22N4O2S/c1-9-5-6-16-14(20)13(9)18-15(21)19-7-3-4-12(19)11-8-22-10(2)17-11/h8-9,12-13H,3-7H2,1-2H3,(H,16,20)(H,18,21)/t9-,12+,13+/m0/s1. The molecule has 0 radical (unpaired) electrons. The second kappa shape index (κ2) is 6.24. The van der Waals surface area contributed by atoms with E-state index in [0.29, 0.717) is 6.54 Å². The van der Waals surface area contributed by atoms with Gasteiger partial charge in [-0.05, 0) is 32.1 Å². The second-order valence-corrected chi connectivity index (χ2v) is 7.19. The van der Waals surface area contributed by atoms with Gasteiger partial charge in [-0.3, -0.25) is 4.79 Å². The first kappa shape index (κ1) is 15.3. The van der Waals surface area contributed by atoms with Gasteiger partial charge in [-0.1, -0.05) is 6.92 Å². The smallest absolute Gasteiger partial charge is 0.318 e. The molecule has 2 N–H and O–H groups in total. The number of nitrogens with zero attached hydrogens (tertiary/aromatic N) is 2. The molecule has 0 unspecified atom stereocenters. The van der Waals surface area contributed by atoms with E-state index in [0.717, 1.165) is 36.5 Å². The summed E-state index contributed by atoms with van der Waals surface area (Å²) in [6.07, 6.45) is 2.80. The number of rotatable bonds is 2. The number of nitrogens with one attached hydrogen (secondary N) is 2. The Morgan fingerprint density at radius 3 is 3.00 bits per heavy atom. The lowest BCUT2D eigenvalue weighted by Crippen LogP contribution is -2.56. The van der Waals surface area contributed by atoms with Gasteiger partial charge in [0.25, 0.3) is 0 Å². The number of likely N-dealkylation sites (tertiary alicyclic amines) is 1. The van der Waals surface area contributed by atoms with E-state index in [2.05, 4.69) is 15.6 Å². The number of urea groups is 1. The molecule has 6 nitrogen and oxygen atoms in total. The molecule has 22 heavy (non-hydrogen) atoms. The van der Waals surface area contributed by atoms with Crippen molar-refractivity contribution in [1.82, 2.24) is 20.5 Å². The second-order valence-electron chi connectivity index (χ2n) is 6.13. The first-order valence-corrected chi connectivity index (χ1v) is 8.71. The van der Waals surface area contributed by atoms with Gasteiger partial charge < -0.3 is 15.5 Å². The molecule has 1 aromatic rings. The molecule has 0 aliphatic carbocycles.